The quantitative estimate of drug-likeness (QED) is 0.613. The normalized spacial score (nSPS) is 22.5. The number of aryl methyl sites for hydroxylation is 1. The Hall–Kier alpha value is -3.95. The van der Waals surface area contributed by atoms with E-state index in [0.29, 0.717) is 11.3 Å². The van der Waals surface area contributed by atoms with Gasteiger partial charge in [-0.25, -0.2) is 9.96 Å². The van der Waals surface area contributed by atoms with E-state index in [1.165, 1.54) is 4.90 Å². The van der Waals surface area contributed by atoms with Gasteiger partial charge in [-0.05, 0) is 54.4 Å². The standard InChI is InChI=1S/C25H19N3O3/c1-16-7-5-6-10-20(16)22-21-23(31-28(22)19-8-3-2-4-9-19)25(30)27(24(21)29)18-13-11-17(15-26)12-14-18/h2-14,21-23H,1H3/t21-,22+,23-/m1/s1. The first kappa shape index (κ1) is 19.0. The van der Waals surface area contributed by atoms with E-state index >= 15 is 0 Å². The Kier molecular flexibility index (Phi) is 4.54. The third kappa shape index (κ3) is 2.98. The minimum absolute atomic E-state index is 0.300. The number of carbonyl (C=O) groups is 2. The average Bonchev–Trinajstić information content (AvgIpc) is 3.31. The van der Waals surface area contributed by atoms with Gasteiger partial charge in [0.2, 0.25) is 5.91 Å². The number of benzene rings is 3. The minimum atomic E-state index is -0.909. The lowest BCUT2D eigenvalue weighted by Gasteiger charge is -2.29. The summed E-state index contributed by atoms with van der Waals surface area (Å²) in [5, 5.41) is 10.7. The van der Waals surface area contributed by atoms with Gasteiger partial charge in [0.05, 0.1) is 29.0 Å². The second-order valence-corrected chi connectivity index (χ2v) is 7.69. The Labute approximate surface area is 179 Å². The molecule has 3 atom stereocenters. The van der Waals surface area contributed by atoms with Crippen molar-refractivity contribution in [3.63, 3.8) is 0 Å². The van der Waals surface area contributed by atoms with Crippen molar-refractivity contribution in [1.82, 2.24) is 0 Å². The Bertz CT molecular complexity index is 1200. The molecule has 0 spiro atoms. The van der Waals surface area contributed by atoms with Crippen molar-refractivity contribution in [2.24, 2.45) is 5.92 Å². The molecule has 2 aliphatic heterocycles. The Morgan fingerprint density at radius 2 is 1.52 bits per heavy atom. The number of hydrogen-bond donors (Lipinski definition) is 0. The van der Waals surface area contributed by atoms with Gasteiger partial charge in [-0.3, -0.25) is 14.4 Å². The predicted octanol–water partition coefficient (Wildman–Crippen LogP) is 3.92. The fourth-order valence-electron chi connectivity index (χ4n) is 4.39. The van der Waals surface area contributed by atoms with Crippen LogP contribution in [0.4, 0.5) is 11.4 Å². The number of para-hydroxylation sites is 1. The highest BCUT2D eigenvalue weighted by Gasteiger charge is 2.60. The van der Waals surface area contributed by atoms with E-state index in [1.807, 2.05) is 67.6 Å². The molecule has 6 nitrogen and oxygen atoms in total. The summed E-state index contributed by atoms with van der Waals surface area (Å²) >= 11 is 0. The van der Waals surface area contributed by atoms with Gasteiger partial charge in [-0.1, -0.05) is 42.5 Å². The van der Waals surface area contributed by atoms with Crippen LogP contribution in [0.5, 0.6) is 0 Å². The number of imide groups is 1. The first-order valence-electron chi connectivity index (χ1n) is 10.0. The Morgan fingerprint density at radius 3 is 2.19 bits per heavy atom. The lowest BCUT2D eigenvalue weighted by Crippen LogP contribution is -2.37. The maximum absolute atomic E-state index is 13.6. The number of hydroxylamine groups is 1. The van der Waals surface area contributed by atoms with Crippen LogP contribution in [-0.2, 0) is 14.4 Å². The average molecular weight is 409 g/mol. The van der Waals surface area contributed by atoms with Crippen molar-refractivity contribution in [3.05, 3.63) is 95.6 Å². The first-order chi connectivity index (χ1) is 15.1. The van der Waals surface area contributed by atoms with Gasteiger partial charge in [0.15, 0.2) is 6.10 Å². The predicted molar refractivity (Wildman–Crippen MR) is 115 cm³/mol. The summed E-state index contributed by atoms with van der Waals surface area (Å²) < 4.78 is 0. The zero-order valence-corrected chi connectivity index (χ0v) is 16.8. The fraction of sp³-hybridized carbons (Fsp3) is 0.160. The molecule has 0 N–H and O–H groups in total. The number of nitriles is 1. The maximum atomic E-state index is 13.6. The molecule has 0 radical (unpaired) electrons. The second kappa shape index (κ2) is 7.38. The van der Waals surface area contributed by atoms with E-state index < -0.39 is 24.0 Å². The zero-order valence-electron chi connectivity index (χ0n) is 16.8. The molecular formula is C25H19N3O3. The van der Waals surface area contributed by atoms with Crippen molar-refractivity contribution in [1.29, 1.82) is 5.26 Å². The van der Waals surface area contributed by atoms with Gasteiger partial charge >= 0.3 is 0 Å². The lowest BCUT2D eigenvalue weighted by molar-refractivity contribution is -0.126. The molecule has 2 aliphatic rings. The van der Waals surface area contributed by atoms with Crippen LogP contribution < -0.4 is 9.96 Å². The third-order valence-electron chi connectivity index (χ3n) is 5.89. The molecule has 3 aromatic carbocycles. The highest BCUT2D eigenvalue weighted by molar-refractivity contribution is 6.23. The molecular weight excluding hydrogens is 390 g/mol. The topological polar surface area (TPSA) is 73.6 Å². The Morgan fingerprint density at radius 1 is 0.839 bits per heavy atom. The van der Waals surface area contributed by atoms with Crippen LogP contribution in [0.1, 0.15) is 22.7 Å². The van der Waals surface area contributed by atoms with Crippen molar-refractivity contribution in [2.45, 2.75) is 19.1 Å². The molecule has 31 heavy (non-hydrogen) atoms. The van der Waals surface area contributed by atoms with Crippen molar-refractivity contribution < 1.29 is 14.4 Å². The number of rotatable bonds is 3. The maximum Gasteiger partial charge on any atom is 0.266 e. The van der Waals surface area contributed by atoms with E-state index in [1.54, 1.807) is 29.3 Å². The van der Waals surface area contributed by atoms with E-state index in [9.17, 15) is 9.59 Å². The number of fused-ring (bicyclic) bond motifs is 1. The fourth-order valence-corrected chi connectivity index (χ4v) is 4.39. The summed E-state index contributed by atoms with van der Waals surface area (Å²) in [5.41, 5.74) is 3.67. The molecule has 152 valence electrons. The molecule has 5 rings (SSSR count). The summed E-state index contributed by atoms with van der Waals surface area (Å²) in [6, 6.07) is 25.4. The molecule has 0 unspecified atom stereocenters. The molecule has 0 saturated carbocycles. The summed E-state index contributed by atoms with van der Waals surface area (Å²) in [6.07, 6.45) is -0.909. The lowest BCUT2D eigenvalue weighted by atomic mass is 9.88. The number of amides is 2. The Balaban J connectivity index is 1.59. The minimum Gasteiger partial charge on any atom is -0.273 e. The van der Waals surface area contributed by atoms with E-state index in [-0.39, 0.29) is 5.91 Å². The summed E-state index contributed by atoms with van der Waals surface area (Å²) in [6.45, 7) is 1.99. The SMILES string of the molecule is Cc1ccccc1[C@H]1[C@H]2C(=O)N(c3ccc(C#N)cc3)C(=O)[C@@H]2ON1c1ccccc1. The van der Waals surface area contributed by atoms with Gasteiger partial charge in [0.1, 0.15) is 5.92 Å². The smallest absolute Gasteiger partial charge is 0.266 e. The van der Waals surface area contributed by atoms with Crippen LogP contribution in [-0.4, -0.2) is 17.9 Å². The van der Waals surface area contributed by atoms with Gasteiger partial charge < -0.3 is 0 Å². The number of carbonyl (C=O) groups excluding carboxylic acids is 2. The highest BCUT2D eigenvalue weighted by Crippen LogP contribution is 2.48. The molecule has 2 saturated heterocycles. The van der Waals surface area contributed by atoms with Crippen LogP contribution >= 0.6 is 0 Å². The molecule has 2 fully saturated rings. The number of hydrogen-bond acceptors (Lipinski definition) is 5. The highest BCUT2D eigenvalue weighted by atomic mass is 16.7. The van der Waals surface area contributed by atoms with Gasteiger partial charge in [0, 0.05) is 0 Å². The number of nitrogens with zero attached hydrogens (tertiary/aromatic N) is 3. The largest absolute Gasteiger partial charge is 0.273 e. The van der Waals surface area contributed by atoms with Crippen LogP contribution in [0.15, 0.2) is 78.9 Å². The molecule has 0 aliphatic carbocycles. The summed E-state index contributed by atoms with van der Waals surface area (Å²) in [5.74, 6) is -1.37. The molecule has 3 aromatic rings. The van der Waals surface area contributed by atoms with Crippen LogP contribution in [0, 0.1) is 24.2 Å². The van der Waals surface area contributed by atoms with E-state index in [2.05, 4.69) is 0 Å². The van der Waals surface area contributed by atoms with Gasteiger partial charge in [-0.2, -0.15) is 5.26 Å². The summed E-state index contributed by atoms with van der Waals surface area (Å²) in [4.78, 5) is 34.2. The first-order valence-corrected chi connectivity index (χ1v) is 10.0. The molecule has 0 aromatic heterocycles. The van der Waals surface area contributed by atoms with Crippen LogP contribution in [0.3, 0.4) is 0 Å². The second-order valence-electron chi connectivity index (χ2n) is 7.69. The van der Waals surface area contributed by atoms with E-state index in [0.717, 1.165) is 16.8 Å². The van der Waals surface area contributed by atoms with Crippen LogP contribution in [0.25, 0.3) is 0 Å². The van der Waals surface area contributed by atoms with Crippen molar-refractivity contribution in [2.75, 3.05) is 9.96 Å². The molecule has 2 heterocycles. The molecule has 0 bridgehead atoms. The van der Waals surface area contributed by atoms with E-state index in [4.69, 9.17) is 10.1 Å². The molecule has 2 amide bonds. The zero-order chi connectivity index (χ0) is 21.5. The number of anilines is 2. The van der Waals surface area contributed by atoms with Crippen molar-refractivity contribution >= 4 is 23.2 Å². The van der Waals surface area contributed by atoms with Crippen LogP contribution in [0.2, 0.25) is 0 Å². The molecule has 6 heteroatoms. The summed E-state index contributed by atoms with van der Waals surface area (Å²) in [7, 11) is 0. The van der Waals surface area contributed by atoms with Gasteiger partial charge in [-0.15, -0.1) is 0 Å². The van der Waals surface area contributed by atoms with Gasteiger partial charge in [0.25, 0.3) is 5.91 Å². The van der Waals surface area contributed by atoms with Crippen molar-refractivity contribution in [3.8, 4) is 6.07 Å². The monoisotopic (exact) mass is 409 g/mol. The third-order valence-corrected chi connectivity index (χ3v) is 5.89.